The Morgan fingerprint density at radius 3 is 1.97 bits per heavy atom. The maximum Gasteiger partial charge on any atom is 0.170 e. The average Bonchev–Trinajstić information content (AvgIpc) is 2.78. The first-order valence-corrected chi connectivity index (χ1v) is 9.99. The highest BCUT2D eigenvalue weighted by molar-refractivity contribution is 5.48. The van der Waals surface area contributed by atoms with Crippen molar-refractivity contribution in [3.63, 3.8) is 0 Å². The van der Waals surface area contributed by atoms with Gasteiger partial charge in [-0.05, 0) is 42.0 Å². The smallest absolute Gasteiger partial charge is 0.170 e. The van der Waals surface area contributed by atoms with Crippen molar-refractivity contribution >= 4 is 0 Å². The van der Waals surface area contributed by atoms with Gasteiger partial charge in [-0.25, -0.2) is 0 Å². The van der Waals surface area contributed by atoms with Crippen LogP contribution in [0.15, 0.2) is 78.9 Å². The first-order valence-electron chi connectivity index (χ1n) is 9.99. The Morgan fingerprint density at radius 1 is 0.793 bits per heavy atom. The predicted octanol–water partition coefficient (Wildman–Crippen LogP) is 4.21. The molecule has 0 radical (unpaired) electrons. The first kappa shape index (κ1) is 19.5. The Hall–Kier alpha value is -2.86. The number of hydrogen-bond acceptors (Lipinski definition) is 5. The van der Waals surface area contributed by atoms with Gasteiger partial charge in [-0.3, -0.25) is 4.90 Å². The SMILES string of the molecule is OC[C@@H](c1ccc(Oc2ccccc2)c(Oc2ccccc2)c1)N1CCNCC1. The third kappa shape index (κ3) is 4.95. The monoisotopic (exact) mass is 390 g/mol. The molecule has 150 valence electrons. The van der Waals surface area contributed by atoms with Crippen LogP contribution in [-0.2, 0) is 0 Å². The Labute approximate surface area is 171 Å². The lowest BCUT2D eigenvalue weighted by atomic mass is 10.0. The summed E-state index contributed by atoms with van der Waals surface area (Å²) in [4.78, 5) is 2.30. The molecule has 1 atom stereocenters. The Morgan fingerprint density at radius 2 is 1.38 bits per heavy atom. The zero-order valence-corrected chi connectivity index (χ0v) is 16.3. The van der Waals surface area contributed by atoms with Crippen molar-refractivity contribution in [1.29, 1.82) is 0 Å². The highest BCUT2D eigenvalue weighted by Crippen LogP contribution is 2.37. The summed E-state index contributed by atoms with van der Waals surface area (Å²) in [6.45, 7) is 3.73. The number of aliphatic hydroxyl groups excluding tert-OH is 1. The molecule has 0 saturated carbocycles. The molecular weight excluding hydrogens is 364 g/mol. The molecule has 0 aromatic heterocycles. The quantitative estimate of drug-likeness (QED) is 0.633. The summed E-state index contributed by atoms with van der Waals surface area (Å²) >= 11 is 0. The summed E-state index contributed by atoms with van der Waals surface area (Å²) in [5.74, 6) is 2.76. The topological polar surface area (TPSA) is 54.0 Å². The Kier molecular flexibility index (Phi) is 6.42. The van der Waals surface area contributed by atoms with Gasteiger partial charge < -0.3 is 19.9 Å². The molecule has 4 rings (SSSR count). The van der Waals surface area contributed by atoms with E-state index in [2.05, 4.69) is 10.2 Å². The number of benzene rings is 3. The second kappa shape index (κ2) is 9.56. The summed E-state index contributed by atoms with van der Waals surface area (Å²) in [5, 5.41) is 13.4. The normalized spacial score (nSPS) is 15.6. The average molecular weight is 390 g/mol. The molecule has 0 amide bonds. The summed E-state index contributed by atoms with van der Waals surface area (Å²) in [6.07, 6.45) is 0. The van der Waals surface area contributed by atoms with Crippen LogP contribution in [0.1, 0.15) is 11.6 Å². The van der Waals surface area contributed by atoms with E-state index in [0.717, 1.165) is 43.2 Å². The second-order valence-electron chi connectivity index (χ2n) is 7.02. The van der Waals surface area contributed by atoms with Gasteiger partial charge in [0.25, 0.3) is 0 Å². The van der Waals surface area contributed by atoms with Crippen LogP contribution in [0.25, 0.3) is 0 Å². The molecule has 1 aliphatic heterocycles. The van der Waals surface area contributed by atoms with Crippen molar-refractivity contribution in [2.75, 3.05) is 32.8 Å². The van der Waals surface area contributed by atoms with Crippen LogP contribution >= 0.6 is 0 Å². The van der Waals surface area contributed by atoms with E-state index in [4.69, 9.17) is 9.47 Å². The third-order valence-corrected chi connectivity index (χ3v) is 5.06. The van der Waals surface area contributed by atoms with Crippen molar-refractivity contribution in [3.8, 4) is 23.0 Å². The van der Waals surface area contributed by atoms with Crippen LogP contribution in [-0.4, -0.2) is 42.8 Å². The molecule has 3 aromatic rings. The minimum atomic E-state index is -0.0685. The van der Waals surface area contributed by atoms with Gasteiger partial charge in [-0.2, -0.15) is 0 Å². The molecule has 5 heteroatoms. The second-order valence-corrected chi connectivity index (χ2v) is 7.02. The number of ether oxygens (including phenoxy) is 2. The lowest BCUT2D eigenvalue weighted by Crippen LogP contribution is -2.46. The van der Waals surface area contributed by atoms with E-state index in [9.17, 15) is 5.11 Å². The van der Waals surface area contributed by atoms with E-state index in [0.29, 0.717) is 11.5 Å². The zero-order valence-electron chi connectivity index (χ0n) is 16.3. The number of hydrogen-bond donors (Lipinski definition) is 2. The fourth-order valence-electron chi connectivity index (χ4n) is 3.55. The van der Waals surface area contributed by atoms with Crippen LogP contribution in [0, 0.1) is 0 Å². The molecular formula is C24H26N2O3. The molecule has 29 heavy (non-hydrogen) atoms. The predicted molar refractivity (Wildman–Crippen MR) is 114 cm³/mol. The first-order chi connectivity index (χ1) is 14.3. The maximum absolute atomic E-state index is 10.1. The Bertz CT molecular complexity index is 897. The van der Waals surface area contributed by atoms with Crippen molar-refractivity contribution in [1.82, 2.24) is 10.2 Å². The van der Waals surface area contributed by atoms with Crippen molar-refractivity contribution in [2.45, 2.75) is 6.04 Å². The van der Waals surface area contributed by atoms with Gasteiger partial charge in [0.05, 0.1) is 12.6 Å². The number of piperazine rings is 1. The van der Waals surface area contributed by atoms with Gasteiger partial charge in [0.2, 0.25) is 0 Å². The van der Waals surface area contributed by atoms with Crippen LogP contribution in [0.2, 0.25) is 0 Å². The van der Waals surface area contributed by atoms with Crippen LogP contribution in [0.5, 0.6) is 23.0 Å². The number of rotatable bonds is 7. The molecule has 1 fully saturated rings. The number of para-hydroxylation sites is 2. The number of nitrogens with one attached hydrogen (secondary N) is 1. The van der Waals surface area contributed by atoms with E-state index >= 15 is 0 Å². The van der Waals surface area contributed by atoms with E-state index in [1.54, 1.807) is 0 Å². The van der Waals surface area contributed by atoms with Gasteiger partial charge >= 0.3 is 0 Å². The van der Waals surface area contributed by atoms with Gasteiger partial charge in [0, 0.05) is 26.2 Å². The molecule has 0 spiro atoms. The van der Waals surface area contributed by atoms with E-state index < -0.39 is 0 Å². The van der Waals surface area contributed by atoms with E-state index in [1.807, 2.05) is 78.9 Å². The van der Waals surface area contributed by atoms with Crippen molar-refractivity contribution in [3.05, 3.63) is 84.4 Å². The van der Waals surface area contributed by atoms with Gasteiger partial charge in [0.15, 0.2) is 11.5 Å². The van der Waals surface area contributed by atoms with Crippen molar-refractivity contribution in [2.24, 2.45) is 0 Å². The van der Waals surface area contributed by atoms with Crippen LogP contribution in [0.4, 0.5) is 0 Å². The summed E-state index contributed by atoms with van der Waals surface area (Å²) in [7, 11) is 0. The molecule has 1 heterocycles. The molecule has 2 N–H and O–H groups in total. The molecule has 0 bridgehead atoms. The third-order valence-electron chi connectivity index (χ3n) is 5.06. The van der Waals surface area contributed by atoms with E-state index in [1.165, 1.54) is 0 Å². The fourth-order valence-corrected chi connectivity index (χ4v) is 3.55. The number of aliphatic hydroxyl groups is 1. The fraction of sp³-hybridized carbons (Fsp3) is 0.250. The highest BCUT2D eigenvalue weighted by Gasteiger charge is 2.23. The largest absolute Gasteiger partial charge is 0.453 e. The summed E-state index contributed by atoms with van der Waals surface area (Å²) in [6, 6.07) is 25.2. The standard InChI is InChI=1S/C24H26N2O3/c27-18-22(26-15-13-25-14-16-26)19-11-12-23(28-20-7-3-1-4-8-20)24(17-19)29-21-9-5-2-6-10-21/h1-12,17,22,25,27H,13-16,18H2/t22-/m0/s1. The molecule has 1 aliphatic rings. The molecule has 3 aromatic carbocycles. The zero-order chi connectivity index (χ0) is 19.9. The summed E-state index contributed by atoms with van der Waals surface area (Å²) in [5.41, 5.74) is 1.01. The minimum absolute atomic E-state index is 0.0592. The lowest BCUT2D eigenvalue weighted by Gasteiger charge is -2.34. The van der Waals surface area contributed by atoms with Crippen LogP contribution < -0.4 is 14.8 Å². The number of nitrogens with zero attached hydrogens (tertiary/aromatic N) is 1. The van der Waals surface area contributed by atoms with Gasteiger partial charge in [-0.15, -0.1) is 0 Å². The molecule has 5 nitrogen and oxygen atoms in total. The van der Waals surface area contributed by atoms with E-state index in [-0.39, 0.29) is 12.6 Å². The van der Waals surface area contributed by atoms with Gasteiger partial charge in [-0.1, -0.05) is 42.5 Å². The highest BCUT2D eigenvalue weighted by atomic mass is 16.5. The summed E-state index contributed by atoms with van der Waals surface area (Å²) < 4.78 is 12.3. The lowest BCUT2D eigenvalue weighted by molar-refractivity contribution is 0.110. The molecule has 0 unspecified atom stereocenters. The van der Waals surface area contributed by atoms with Crippen molar-refractivity contribution < 1.29 is 14.6 Å². The maximum atomic E-state index is 10.1. The van der Waals surface area contributed by atoms with Gasteiger partial charge in [0.1, 0.15) is 11.5 Å². The Balaban J connectivity index is 1.65. The molecule has 0 aliphatic carbocycles. The van der Waals surface area contributed by atoms with Crippen LogP contribution in [0.3, 0.4) is 0 Å². The minimum Gasteiger partial charge on any atom is -0.453 e. The molecule has 1 saturated heterocycles.